The molecule has 100 valence electrons. The molecule has 1 aliphatic rings. The van der Waals surface area contributed by atoms with Crippen molar-refractivity contribution in [1.29, 1.82) is 0 Å². The van der Waals surface area contributed by atoms with Gasteiger partial charge in [-0.15, -0.1) is 0 Å². The molecule has 0 unspecified atom stereocenters. The van der Waals surface area contributed by atoms with Crippen LogP contribution in [-0.2, 0) is 0 Å². The Bertz CT molecular complexity index is 547. The van der Waals surface area contributed by atoms with Crippen molar-refractivity contribution in [2.75, 3.05) is 13.2 Å². The fourth-order valence-corrected chi connectivity index (χ4v) is 2.28. The van der Waals surface area contributed by atoms with Crippen molar-refractivity contribution in [3.05, 3.63) is 30.2 Å². The molecule has 0 bridgehead atoms. The standard InChI is InChI=1S/C14H17N3O2/c1-2-18-11-6-3-5-10(9-11)13-16-14(19-17-13)12-7-4-8-15-12/h3,5-6,9,12,15H,2,4,7-8H2,1H3/t12-/m0/s1. The minimum Gasteiger partial charge on any atom is -0.494 e. The second-order valence-corrected chi connectivity index (χ2v) is 4.57. The SMILES string of the molecule is CCOc1cccc(-c2noc([C@@H]3CCCN3)n2)c1. The summed E-state index contributed by atoms with van der Waals surface area (Å²) in [4.78, 5) is 4.47. The van der Waals surface area contributed by atoms with Crippen LogP contribution in [-0.4, -0.2) is 23.3 Å². The molecule has 0 spiro atoms. The molecule has 0 amide bonds. The molecule has 5 heteroatoms. The van der Waals surface area contributed by atoms with Gasteiger partial charge in [-0.3, -0.25) is 0 Å². The smallest absolute Gasteiger partial charge is 0.244 e. The number of benzene rings is 1. The third-order valence-electron chi connectivity index (χ3n) is 3.20. The molecule has 1 fully saturated rings. The summed E-state index contributed by atoms with van der Waals surface area (Å²) in [5, 5.41) is 7.40. The van der Waals surface area contributed by atoms with E-state index in [2.05, 4.69) is 15.5 Å². The zero-order chi connectivity index (χ0) is 13.1. The zero-order valence-corrected chi connectivity index (χ0v) is 10.9. The summed E-state index contributed by atoms with van der Waals surface area (Å²) in [5.41, 5.74) is 0.916. The molecule has 1 aromatic carbocycles. The lowest BCUT2D eigenvalue weighted by Crippen LogP contribution is -2.12. The van der Waals surface area contributed by atoms with Crippen LogP contribution in [0.4, 0.5) is 0 Å². The molecule has 1 atom stereocenters. The Labute approximate surface area is 112 Å². The van der Waals surface area contributed by atoms with Crippen molar-refractivity contribution >= 4 is 0 Å². The van der Waals surface area contributed by atoms with Crippen LogP contribution in [0, 0.1) is 0 Å². The summed E-state index contributed by atoms with van der Waals surface area (Å²) < 4.78 is 10.8. The first-order valence-electron chi connectivity index (χ1n) is 6.67. The summed E-state index contributed by atoms with van der Waals surface area (Å²) in [7, 11) is 0. The van der Waals surface area contributed by atoms with Gasteiger partial charge in [-0.05, 0) is 38.4 Å². The van der Waals surface area contributed by atoms with Gasteiger partial charge in [0.1, 0.15) is 5.75 Å². The van der Waals surface area contributed by atoms with Gasteiger partial charge in [-0.25, -0.2) is 0 Å². The van der Waals surface area contributed by atoms with Gasteiger partial charge in [-0.1, -0.05) is 17.3 Å². The topological polar surface area (TPSA) is 60.2 Å². The van der Waals surface area contributed by atoms with E-state index in [4.69, 9.17) is 9.26 Å². The molecule has 0 aliphatic carbocycles. The molecular weight excluding hydrogens is 242 g/mol. The van der Waals surface area contributed by atoms with Crippen molar-refractivity contribution in [1.82, 2.24) is 15.5 Å². The minimum absolute atomic E-state index is 0.205. The summed E-state index contributed by atoms with van der Waals surface area (Å²) >= 11 is 0. The maximum absolute atomic E-state index is 5.48. The first-order chi connectivity index (χ1) is 9.36. The predicted molar refractivity (Wildman–Crippen MR) is 70.9 cm³/mol. The number of aromatic nitrogens is 2. The predicted octanol–water partition coefficient (Wildman–Crippen LogP) is 2.56. The molecular formula is C14H17N3O2. The molecule has 1 N–H and O–H groups in total. The lowest BCUT2D eigenvalue weighted by molar-refractivity contribution is 0.340. The van der Waals surface area contributed by atoms with Crippen LogP contribution in [0.3, 0.4) is 0 Å². The van der Waals surface area contributed by atoms with Crippen molar-refractivity contribution in [3.8, 4) is 17.1 Å². The Hall–Kier alpha value is -1.88. The van der Waals surface area contributed by atoms with Gasteiger partial charge in [-0.2, -0.15) is 4.98 Å². The average Bonchev–Trinajstić information content (AvgIpc) is 3.11. The largest absolute Gasteiger partial charge is 0.494 e. The number of rotatable bonds is 4. The van der Waals surface area contributed by atoms with E-state index in [0.29, 0.717) is 18.3 Å². The van der Waals surface area contributed by atoms with E-state index in [0.717, 1.165) is 30.7 Å². The van der Waals surface area contributed by atoms with Gasteiger partial charge in [0.2, 0.25) is 11.7 Å². The van der Waals surface area contributed by atoms with Gasteiger partial charge in [0.05, 0.1) is 12.6 Å². The van der Waals surface area contributed by atoms with Gasteiger partial charge in [0, 0.05) is 5.56 Å². The summed E-state index contributed by atoms with van der Waals surface area (Å²) in [6, 6.07) is 7.95. The number of hydrogen-bond acceptors (Lipinski definition) is 5. The lowest BCUT2D eigenvalue weighted by atomic mass is 10.2. The normalized spacial score (nSPS) is 18.7. The minimum atomic E-state index is 0.205. The Morgan fingerprint density at radius 2 is 2.42 bits per heavy atom. The lowest BCUT2D eigenvalue weighted by Gasteiger charge is -2.03. The molecule has 19 heavy (non-hydrogen) atoms. The highest BCUT2D eigenvalue weighted by Gasteiger charge is 2.22. The van der Waals surface area contributed by atoms with Crippen molar-refractivity contribution in [2.45, 2.75) is 25.8 Å². The summed E-state index contributed by atoms with van der Waals surface area (Å²) in [6.07, 6.45) is 2.21. The highest BCUT2D eigenvalue weighted by molar-refractivity contribution is 5.56. The molecule has 2 aromatic rings. The third kappa shape index (κ3) is 2.61. The molecule has 3 rings (SSSR count). The van der Waals surface area contributed by atoms with E-state index >= 15 is 0 Å². The van der Waals surface area contributed by atoms with Crippen molar-refractivity contribution < 1.29 is 9.26 Å². The fourth-order valence-electron chi connectivity index (χ4n) is 2.28. The van der Waals surface area contributed by atoms with Crippen LogP contribution in [0.15, 0.2) is 28.8 Å². The number of nitrogens with one attached hydrogen (secondary N) is 1. The number of nitrogens with zero attached hydrogens (tertiary/aromatic N) is 2. The van der Waals surface area contributed by atoms with Gasteiger partial charge in [0.25, 0.3) is 0 Å². The van der Waals surface area contributed by atoms with Gasteiger partial charge >= 0.3 is 0 Å². The molecule has 0 saturated carbocycles. The molecule has 1 aliphatic heterocycles. The van der Waals surface area contributed by atoms with E-state index in [9.17, 15) is 0 Å². The summed E-state index contributed by atoms with van der Waals surface area (Å²) in [5.74, 6) is 2.12. The highest BCUT2D eigenvalue weighted by Crippen LogP contribution is 2.25. The van der Waals surface area contributed by atoms with Gasteiger partial charge in [0.15, 0.2) is 0 Å². The Balaban J connectivity index is 1.83. The van der Waals surface area contributed by atoms with Crippen LogP contribution in [0.2, 0.25) is 0 Å². The van der Waals surface area contributed by atoms with Crippen molar-refractivity contribution in [3.63, 3.8) is 0 Å². The van der Waals surface area contributed by atoms with Crippen LogP contribution in [0.1, 0.15) is 31.7 Å². The fraction of sp³-hybridized carbons (Fsp3) is 0.429. The quantitative estimate of drug-likeness (QED) is 0.914. The molecule has 1 aromatic heterocycles. The van der Waals surface area contributed by atoms with E-state index in [1.165, 1.54) is 0 Å². The monoisotopic (exact) mass is 259 g/mol. The maximum Gasteiger partial charge on any atom is 0.244 e. The molecule has 5 nitrogen and oxygen atoms in total. The average molecular weight is 259 g/mol. The van der Waals surface area contributed by atoms with E-state index in [1.54, 1.807) is 0 Å². The van der Waals surface area contributed by atoms with Crippen LogP contribution in [0.5, 0.6) is 5.75 Å². The molecule has 2 heterocycles. The Morgan fingerprint density at radius 1 is 1.47 bits per heavy atom. The van der Waals surface area contributed by atoms with E-state index in [1.807, 2.05) is 31.2 Å². The number of ether oxygens (including phenoxy) is 1. The van der Waals surface area contributed by atoms with E-state index < -0.39 is 0 Å². The Kier molecular flexibility index (Phi) is 3.46. The highest BCUT2D eigenvalue weighted by atomic mass is 16.5. The van der Waals surface area contributed by atoms with Crippen LogP contribution in [0.25, 0.3) is 11.4 Å². The zero-order valence-electron chi connectivity index (χ0n) is 10.9. The van der Waals surface area contributed by atoms with E-state index in [-0.39, 0.29) is 6.04 Å². The van der Waals surface area contributed by atoms with Crippen LogP contribution >= 0.6 is 0 Å². The first kappa shape index (κ1) is 12.2. The van der Waals surface area contributed by atoms with Crippen molar-refractivity contribution in [2.24, 2.45) is 0 Å². The third-order valence-corrected chi connectivity index (χ3v) is 3.20. The van der Waals surface area contributed by atoms with Crippen LogP contribution < -0.4 is 10.1 Å². The maximum atomic E-state index is 5.48. The number of hydrogen-bond donors (Lipinski definition) is 1. The first-order valence-corrected chi connectivity index (χ1v) is 6.67. The molecule has 0 radical (unpaired) electrons. The second-order valence-electron chi connectivity index (χ2n) is 4.57. The second kappa shape index (κ2) is 5.40. The Morgan fingerprint density at radius 3 is 3.21 bits per heavy atom. The van der Waals surface area contributed by atoms with Gasteiger partial charge < -0.3 is 14.6 Å². The summed E-state index contributed by atoms with van der Waals surface area (Å²) in [6.45, 7) is 3.63. The molecule has 1 saturated heterocycles.